The number of aromatic hydroxyl groups is 1. The Morgan fingerprint density at radius 2 is 2.11 bits per heavy atom. The summed E-state index contributed by atoms with van der Waals surface area (Å²) >= 11 is 0. The van der Waals surface area contributed by atoms with Gasteiger partial charge in [-0.1, -0.05) is 0 Å². The Morgan fingerprint density at radius 1 is 1.39 bits per heavy atom. The number of nitrogens with zero attached hydrogens (tertiary/aromatic N) is 1. The smallest absolute Gasteiger partial charge is 0.340 e. The van der Waals surface area contributed by atoms with Gasteiger partial charge < -0.3 is 14.7 Å². The molecular formula is C12H11NO5. The molecule has 18 heavy (non-hydrogen) atoms. The summed E-state index contributed by atoms with van der Waals surface area (Å²) in [6.45, 7) is -0.0619. The second-order valence-electron chi connectivity index (χ2n) is 3.89. The van der Waals surface area contributed by atoms with E-state index in [0.29, 0.717) is 0 Å². The third-order valence-electron chi connectivity index (χ3n) is 2.66. The molecule has 1 aromatic rings. The van der Waals surface area contributed by atoms with E-state index in [1.165, 1.54) is 30.2 Å². The number of hydrogen-bond donors (Lipinski definition) is 1. The summed E-state index contributed by atoms with van der Waals surface area (Å²) in [6.07, 6.45) is -0.165. The molecule has 0 spiro atoms. The van der Waals surface area contributed by atoms with Crippen LogP contribution in [0.5, 0.6) is 5.75 Å². The van der Waals surface area contributed by atoms with Crippen LogP contribution in [0.2, 0.25) is 0 Å². The molecule has 1 amide bonds. The summed E-state index contributed by atoms with van der Waals surface area (Å²) < 4.78 is 4.58. The number of ether oxygens (including phenoxy) is 1. The Hall–Kier alpha value is -2.37. The van der Waals surface area contributed by atoms with Gasteiger partial charge in [-0.3, -0.25) is 9.59 Å². The number of carbonyl (C=O) groups excluding carboxylic acids is 3. The second kappa shape index (κ2) is 4.48. The van der Waals surface area contributed by atoms with E-state index in [0.717, 1.165) is 0 Å². The minimum absolute atomic E-state index is 0.0561. The predicted molar refractivity (Wildman–Crippen MR) is 61.4 cm³/mol. The molecule has 1 saturated heterocycles. The molecule has 6 nitrogen and oxygen atoms in total. The van der Waals surface area contributed by atoms with Crippen LogP contribution in [-0.4, -0.2) is 36.4 Å². The van der Waals surface area contributed by atoms with E-state index >= 15 is 0 Å². The zero-order valence-electron chi connectivity index (χ0n) is 9.67. The van der Waals surface area contributed by atoms with Crippen LogP contribution in [0.15, 0.2) is 18.2 Å². The summed E-state index contributed by atoms with van der Waals surface area (Å²) in [6, 6.07) is 3.97. The van der Waals surface area contributed by atoms with Crippen LogP contribution in [0.25, 0.3) is 0 Å². The molecule has 1 aliphatic rings. The third-order valence-corrected chi connectivity index (χ3v) is 2.66. The lowest BCUT2D eigenvalue weighted by molar-refractivity contribution is -0.121. The number of amides is 1. The van der Waals surface area contributed by atoms with Crippen molar-refractivity contribution < 1.29 is 24.2 Å². The van der Waals surface area contributed by atoms with Gasteiger partial charge in [-0.2, -0.15) is 0 Å². The first-order chi connectivity index (χ1) is 8.52. The summed E-state index contributed by atoms with van der Waals surface area (Å²) in [4.78, 5) is 35.6. The number of anilines is 1. The lowest BCUT2D eigenvalue weighted by Crippen LogP contribution is -2.26. The molecule has 0 aliphatic carbocycles. The van der Waals surface area contributed by atoms with Crippen molar-refractivity contribution in [1.29, 1.82) is 0 Å². The number of phenolic OH excluding ortho intramolecular Hbond substituents is 1. The SMILES string of the molecule is COC(=O)c1cc(O)ccc1N1CC(=O)CC1=O. The Morgan fingerprint density at radius 3 is 2.67 bits per heavy atom. The first-order valence-electron chi connectivity index (χ1n) is 5.26. The fraction of sp³-hybridized carbons (Fsp3) is 0.250. The van der Waals surface area contributed by atoms with Crippen molar-refractivity contribution in [3.63, 3.8) is 0 Å². The Balaban J connectivity index is 2.47. The summed E-state index contributed by atoms with van der Waals surface area (Å²) in [7, 11) is 1.20. The number of carbonyl (C=O) groups is 3. The standard InChI is InChI=1S/C12H11NO5/c1-18-12(17)9-4-7(14)2-3-10(9)13-6-8(15)5-11(13)16/h2-4,14H,5-6H2,1H3. The molecule has 1 fully saturated rings. The quantitative estimate of drug-likeness (QED) is 0.609. The van der Waals surface area contributed by atoms with Crippen molar-refractivity contribution >= 4 is 23.3 Å². The molecule has 1 aromatic carbocycles. The van der Waals surface area contributed by atoms with Crippen LogP contribution in [0.4, 0.5) is 5.69 Å². The Labute approximate surface area is 103 Å². The third kappa shape index (κ3) is 2.04. The number of rotatable bonds is 2. The van der Waals surface area contributed by atoms with Crippen LogP contribution < -0.4 is 4.90 Å². The Bertz CT molecular complexity index is 537. The summed E-state index contributed by atoms with van der Waals surface area (Å²) in [5.41, 5.74) is 0.330. The monoisotopic (exact) mass is 249 g/mol. The lowest BCUT2D eigenvalue weighted by Gasteiger charge is -2.17. The highest BCUT2D eigenvalue weighted by atomic mass is 16.5. The van der Waals surface area contributed by atoms with Gasteiger partial charge in [0, 0.05) is 0 Å². The highest BCUT2D eigenvalue weighted by Gasteiger charge is 2.31. The van der Waals surface area contributed by atoms with E-state index in [1.54, 1.807) is 0 Å². The van der Waals surface area contributed by atoms with Gasteiger partial charge >= 0.3 is 5.97 Å². The van der Waals surface area contributed by atoms with Crippen molar-refractivity contribution in [3.8, 4) is 5.75 Å². The van der Waals surface area contributed by atoms with Crippen LogP contribution in [-0.2, 0) is 14.3 Å². The minimum Gasteiger partial charge on any atom is -0.508 e. The van der Waals surface area contributed by atoms with Gasteiger partial charge in [-0.05, 0) is 18.2 Å². The summed E-state index contributed by atoms with van der Waals surface area (Å²) in [5.74, 6) is -1.36. The maximum atomic E-state index is 11.6. The minimum atomic E-state index is -0.673. The lowest BCUT2D eigenvalue weighted by atomic mass is 10.1. The molecule has 1 N–H and O–H groups in total. The largest absolute Gasteiger partial charge is 0.508 e. The van der Waals surface area contributed by atoms with Gasteiger partial charge in [0.15, 0.2) is 5.78 Å². The zero-order chi connectivity index (χ0) is 13.3. The molecule has 94 valence electrons. The number of ketones is 1. The number of methoxy groups -OCH3 is 1. The molecule has 0 unspecified atom stereocenters. The highest BCUT2D eigenvalue weighted by Crippen LogP contribution is 2.28. The molecule has 2 rings (SSSR count). The average molecular weight is 249 g/mol. The van der Waals surface area contributed by atoms with Gasteiger partial charge in [0.2, 0.25) is 5.91 Å². The topological polar surface area (TPSA) is 83.9 Å². The zero-order valence-corrected chi connectivity index (χ0v) is 9.67. The number of Topliss-reactive ketones (excluding diaryl/α,β-unsaturated/α-hetero) is 1. The van der Waals surface area contributed by atoms with Crippen LogP contribution in [0.3, 0.4) is 0 Å². The molecule has 0 radical (unpaired) electrons. The molecule has 1 aliphatic heterocycles. The Kier molecular flexibility index (Phi) is 3.01. The molecule has 0 saturated carbocycles. The van der Waals surface area contributed by atoms with E-state index in [2.05, 4.69) is 4.74 Å². The predicted octanol–water partition coefficient (Wildman–Crippen LogP) is 0.485. The van der Waals surface area contributed by atoms with E-state index in [4.69, 9.17) is 0 Å². The van der Waals surface area contributed by atoms with Crippen molar-refractivity contribution in [2.75, 3.05) is 18.6 Å². The van der Waals surface area contributed by atoms with Crippen molar-refractivity contribution in [1.82, 2.24) is 0 Å². The van der Waals surface area contributed by atoms with Crippen LogP contribution in [0.1, 0.15) is 16.8 Å². The van der Waals surface area contributed by atoms with Crippen molar-refractivity contribution in [3.05, 3.63) is 23.8 Å². The van der Waals surface area contributed by atoms with Gasteiger partial charge in [0.25, 0.3) is 0 Å². The van der Waals surface area contributed by atoms with Crippen molar-refractivity contribution in [2.24, 2.45) is 0 Å². The average Bonchev–Trinajstić information content (AvgIpc) is 2.67. The maximum absolute atomic E-state index is 11.6. The second-order valence-corrected chi connectivity index (χ2v) is 3.89. The van der Waals surface area contributed by atoms with E-state index in [1.807, 2.05) is 0 Å². The molecule has 1 heterocycles. The molecular weight excluding hydrogens is 238 g/mol. The van der Waals surface area contributed by atoms with Gasteiger partial charge in [-0.15, -0.1) is 0 Å². The number of benzene rings is 1. The van der Waals surface area contributed by atoms with Gasteiger partial charge in [-0.25, -0.2) is 4.79 Å². The number of phenols is 1. The van der Waals surface area contributed by atoms with E-state index in [9.17, 15) is 19.5 Å². The first kappa shape index (κ1) is 12.1. The summed E-state index contributed by atoms with van der Waals surface area (Å²) in [5, 5.41) is 9.36. The maximum Gasteiger partial charge on any atom is 0.340 e. The first-order valence-corrected chi connectivity index (χ1v) is 5.26. The van der Waals surface area contributed by atoms with E-state index in [-0.39, 0.29) is 41.7 Å². The number of hydrogen-bond acceptors (Lipinski definition) is 5. The van der Waals surface area contributed by atoms with E-state index < -0.39 is 5.97 Å². The fourth-order valence-electron chi connectivity index (χ4n) is 1.84. The molecule has 0 aromatic heterocycles. The van der Waals surface area contributed by atoms with Gasteiger partial charge in [0.05, 0.1) is 31.3 Å². The molecule has 0 atom stereocenters. The fourth-order valence-corrected chi connectivity index (χ4v) is 1.84. The van der Waals surface area contributed by atoms with Gasteiger partial charge in [0.1, 0.15) is 5.75 Å². The highest BCUT2D eigenvalue weighted by molar-refractivity contribution is 6.16. The number of esters is 1. The van der Waals surface area contributed by atoms with Crippen LogP contribution >= 0.6 is 0 Å². The van der Waals surface area contributed by atoms with Crippen molar-refractivity contribution in [2.45, 2.75) is 6.42 Å². The molecule has 0 bridgehead atoms. The normalized spacial score (nSPS) is 15.1. The molecule has 6 heteroatoms. The van der Waals surface area contributed by atoms with Crippen LogP contribution in [0, 0.1) is 0 Å².